The molecule has 1 aromatic carbocycles. The molecule has 1 aromatic rings. The second-order valence-corrected chi connectivity index (χ2v) is 4.65. The molecule has 1 saturated heterocycles. The number of rotatable bonds is 4. The van der Waals surface area contributed by atoms with Crippen molar-refractivity contribution < 1.29 is 0 Å². The highest BCUT2D eigenvalue weighted by Gasteiger charge is 2.11. The van der Waals surface area contributed by atoms with Gasteiger partial charge in [0.15, 0.2) is 0 Å². The zero-order valence-electron chi connectivity index (χ0n) is 10.4. The smallest absolute Gasteiger partial charge is 0.0383 e. The number of benzene rings is 1. The normalized spacial score (nSPS) is 16.5. The standard InChI is InChI=1S/C14H21N3/c1-11(2)16-12-3-5-13(6-4-12)17-14-7-9-15-10-8-14/h3-6,14-17H,1,7-10H2,2H3. The van der Waals surface area contributed by atoms with Crippen LogP contribution in [0, 0.1) is 0 Å². The van der Waals surface area contributed by atoms with Gasteiger partial charge in [-0.2, -0.15) is 0 Å². The van der Waals surface area contributed by atoms with Crippen LogP contribution in [0.3, 0.4) is 0 Å². The summed E-state index contributed by atoms with van der Waals surface area (Å²) in [6.45, 7) is 8.03. The van der Waals surface area contributed by atoms with Gasteiger partial charge >= 0.3 is 0 Å². The summed E-state index contributed by atoms with van der Waals surface area (Å²) >= 11 is 0. The van der Waals surface area contributed by atoms with Crippen LogP contribution in [0.4, 0.5) is 11.4 Å². The molecule has 0 radical (unpaired) electrons. The van der Waals surface area contributed by atoms with Gasteiger partial charge in [0, 0.05) is 23.1 Å². The minimum absolute atomic E-state index is 0.608. The monoisotopic (exact) mass is 231 g/mol. The SMILES string of the molecule is C=C(C)Nc1ccc(NC2CCNCC2)cc1. The lowest BCUT2D eigenvalue weighted by molar-refractivity contribution is 0.479. The number of anilines is 2. The van der Waals surface area contributed by atoms with E-state index in [0.717, 1.165) is 24.5 Å². The van der Waals surface area contributed by atoms with Crippen LogP contribution >= 0.6 is 0 Å². The molecular weight excluding hydrogens is 210 g/mol. The van der Waals surface area contributed by atoms with E-state index in [1.54, 1.807) is 0 Å². The molecular formula is C14H21N3. The third-order valence-corrected chi connectivity index (χ3v) is 2.95. The van der Waals surface area contributed by atoms with Crippen molar-refractivity contribution >= 4 is 11.4 Å². The molecule has 3 nitrogen and oxygen atoms in total. The second kappa shape index (κ2) is 5.73. The number of allylic oxidation sites excluding steroid dienone is 1. The quantitative estimate of drug-likeness (QED) is 0.745. The molecule has 3 N–H and O–H groups in total. The van der Waals surface area contributed by atoms with Crippen LogP contribution in [-0.4, -0.2) is 19.1 Å². The van der Waals surface area contributed by atoms with Crippen molar-refractivity contribution in [3.63, 3.8) is 0 Å². The van der Waals surface area contributed by atoms with E-state index in [1.165, 1.54) is 18.5 Å². The van der Waals surface area contributed by atoms with Crippen molar-refractivity contribution in [2.45, 2.75) is 25.8 Å². The summed E-state index contributed by atoms with van der Waals surface area (Å²) in [4.78, 5) is 0. The van der Waals surface area contributed by atoms with Crippen LogP contribution in [0.2, 0.25) is 0 Å². The first kappa shape index (κ1) is 12.0. The molecule has 17 heavy (non-hydrogen) atoms. The van der Waals surface area contributed by atoms with Crippen molar-refractivity contribution in [2.24, 2.45) is 0 Å². The van der Waals surface area contributed by atoms with E-state index in [0.29, 0.717) is 6.04 Å². The predicted molar refractivity (Wildman–Crippen MR) is 74.4 cm³/mol. The van der Waals surface area contributed by atoms with Crippen LogP contribution in [0.25, 0.3) is 0 Å². The van der Waals surface area contributed by atoms with E-state index < -0.39 is 0 Å². The van der Waals surface area contributed by atoms with Gasteiger partial charge in [0.1, 0.15) is 0 Å². The third-order valence-electron chi connectivity index (χ3n) is 2.95. The van der Waals surface area contributed by atoms with Crippen LogP contribution in [0.15, 0.2) is 36.5 Å². The zero-order chi connectivity index (χ0) is 12.1. The first-order chi connectivity index (χ1) is 8.24. The van der Waals surface area contributed by atoms with Gasteiger partial charge in [-0.25, -0.2) is 0 Å². The number of hydrogen-bond acceptors (Lipinski definition) is 3. The Balaban J connectivity index is 1.90. The van der Waals surface area contributed by atoms with Gasteiger partial charge in [-0.3, -0.25) is 0 Å². The minimum Gasteiger partial charge on any atom is -0.382 e. The minimum atomic E-state index is 0.608. The third kappa shape index (κ3) is 3.79. The van der Waals surface area contributed by atoms with Crippen LogP contribution in [-0.2, 0) is 0 Å². The summed E-state index contributed by atoms with van der Waals surface area (Å²) in [7, 11) is 0. The molecule has 0 unspecified atom stereocenters. The van der Waals surface area contributed by atoms with Crippen molar-refractivity contribution in [3.05, 3.63) is 36.5 Å². The lowest BCUT2D eigenvalue weighted by Gasteiger charge is -2.24. The number of nitrogens with one attached hydrogen (secondary N) is 3. The van der Waals surface area contributed by atoms with Gasteiger partial charge in [-0.15, -0.1) is 0 Å². The molecule has 1 fully saturated rings. The molecule has 0 bridgehead atoms. The maximum atomic E-state index is 3.83. The van der Waals surface area contributed by atoms with E-state index in [4.69, 9.17) is 0 Å². The van der Waals surface area contributed by atoms with Crippen molar-refractivity contribution in [3.8, 4) is 0 Å². The average Bonchev–Trinajstić information content (AvgIpc) is 2.32. The second-order valence-electron chi connectivity index (χ2n) is 4.65. The highest BCUT2D eigenvalue weighted by Crippen LogP contribution is 2.17. The largest absolute Gasteiger partial charge is 0.382 e. The summed E-state index contributed by atoms with van der Waals surface area (Å²) in [6.07, 6.45) is 2.40. The lowest BCUT2D eigenvalue weighted by atomic mass is 10.1. The molecule has 1 heterocycles. The topological polar surface area (TPSA) is 36.1 Å². The molecule has 0 saturated carbocycles. The summed E-state index contributed by atoms with van der Waals surface area (Å²) in [5.41, 5.74) is 3.25. The van der Waals surface area contributed by atoms with Gasteiger partial charge in [0.2, 0.25) is 0 Å². The van der Waals surface area contributed by atoms with Crippen LogP contribution in [0.1, 0.15) is 19.8 Å². The van der Waals surface area contributed by atoms with Crippen molar-refractivity contribution in [1.29, 1.82) is 0 Å². The van der Waals surface area contributed by atoms with Crippen LogP contribution in [0.5, 0.6) is 0 Å². The van der Waals surface area contributed by atoms with Gasteiger partial charge in [-0.05, 0) is 57.1 Å². The van der Waals surface area contributed by atoms with E-state index in [9.17, 15) is 0 Å². The van der Waals surface area contributed by atoms with E-state index >= 15 is 0 Å². The molecule has 92 valence electrons. The Bertz CT molecular complexity index is 364. The van der Waals surface area contributed by atoms with Crippen molar-refractivity contribution in [2.75, 3.05) is 23.7 Å². The molecule has 0 aromatic heterocycles. The van der Waals surface area contributed by atoms with Gasteiger partial charge < -0.3 is 16.0 Å². The maximum Gasteiger partial charge on any atom is 0.0383 e. The van der Waals surface area contributed by atoms with Gasteiger partial charge in [-0.1, -0.05) is 6.58 Å². The first-order valence-electron chi connectivity index (χ1n) is 6.24. The van der Waals surface area contributed by atoms with Gasteiger partial charge in [0.25, 0.3) is 0 Å². The Labute approximate surface area is 103 Å². The zero-order valence-corrected chi connectivity index (χ0v) is 10.4. The molecule has 1 aliphatic heterocycles. The molecule has 0 atom stereocenters. The van der Waals surface area contributed by atoms with E-state index in [-0.39, 0.29) is 0 Å². The fraction of sp³-hybridized carbons (Fsp3) is 0.429. The molecule has 2 rings (SSSR count). The molecule has 0 amide bonds. The maximum absolute atomic E-state index is 3.83. The fourth-order valence-electron chi connectivity index (χ4n) is 2.10. The Morgan fingerprint density at radius 3 is 2.35 bits per heavy atom. The summed E-state index contributed by atoms with van der Waals surface area (Å²) in [6, 6.07) is 9.01. The lowest BCUT2D eigenvalue weighted by Crippen LogP contribution is -2.35. The number of hydrogen-bond donors (Lipinski definition) is 3. The summed E-state index contributed by atoms with van der Waals surface area (Å²) < 4.78 is 0. The number of piperidine rings is 1. The fourth-order valence-corrected chi connectivity index (χ4v) is 2.10. The Morgan fingerprint density at radius 2 is 1.76 bits per heavy atom. The molecule has 1 aliphatic rings. The van der Waals surface area contributed by atoms with E-state index in [1.807, 2.05) is 6.92 Å². The van der Waals surface area contributed by atoms with E-state index in [2.05, 4.69) is 46.8 Å². The Morgan fingerprint density at radius 1 is 1.18 bits per heavy atom. The first-order valence-corrected chi connectivity index (χ1v) is 6.24. The average molecular weight is 231 g/mol. The van der Waals surface area contributed by atoms with Gasteiger partial charge in [0.05, 0.1) is 0 Å². The molecule has 0 aliphatic carbocycles. The van der Waals surface area contributed by atoms with Crippen LogP contribution < -0.4 is 16.0 Å². The molecule has 3 heteroatoms. The van der Waals surface area contributed by atoms with Crippen molar-refractivity contribution in [1.82, 2.24) is 5.32 Å². The Hall–Kier alpha value is -1.48. The Kier molecular flexibility index (Phi) is 4.04. The summed E-state index contributed by atoms with van der Waals surface area (Å²) in [5.74, 6) is 0. The highest BCUT2D eigenvalue weighted by atomic mass is 15.0. The molecule has 0 spiro atoms. The predicted octanol–water partition coefficient (Wildman–Crippen LogP) is 2.80. The summed E-state index contributed by atoms with van der Waals surface area (Å²) in [5, 5.41) is 10.1. The highest BCUT2D eigenvalue weighted by molar-refractivity contribution is 5.55.